The van der Waals surface area contributed by atoms with Gasteiger partial charge in [0.05, 0.1) is 0 Å². The van der Waals surface area contributed by atoms with Crippen LogP contribution in [0.25, 0.3) is 0 Å². The second kappa shape index (κ2) is 11.5. The zero-order valence-corrected chi connectivity index (χ0v) is 18.8. The largest absolute Gasteiger partial charge is 0.489 e. The predicted octanol–water partition coefficient (Wildman–Crippen LogP) is 6.33. The van der Waals surface area contributed by atoms with E-state index in [0.29, 0.717) is 18.2 Å². The van der Waals surface area contributed by atoms with Crippen LogP contribution in [0.2, 0.25) is 0 Å². The Balaban J connectivity index is 1.94. The monoisotopic (exact) mass is 415 g/mol. The molecule has 0 aromatic heterocycles. The van der Waals surface area contributed by atoms with Crippen LogP contribution in [0.1, 0.15) is 60.2 Å². The van der Waals surface area contributed by atoms with E-state index in [2.05, 4.69) is 62.1 Å². The summed E-state index contributed by atoms with van der Waals surface area (Å²) in [5, 5.41) is 0. The van der Waals surface area contributed by atoms with E-state index in [1.165, 1.54) is 5.56 Å². The maximum absolute atomic E-state index is 11.6. The van der Waals surface area contributed by atoms with Gasteiger partial charge in [-0.2, -0.15) is 0 Å². The Bertz CT molecular complexity index is 938. The van der Waals surface area contributed by atoms with Gasteiger partial charge in [-0.05, 0) is 62.7 Å². The minimum atomic E-state index is 0.152. The summed E-state index contributed by atoms with van der Waals surface area (Å²) in [5.41, 5.74) is 4.13. The molecule has 3 rings (SSSR count). The molecule has 0 aliphatic heterocycles. The number of nitrogens with zero attached hydrogens (tertiary/aromatic N) is 1. The van der Waals surface area contributed by atoms with Crippen molar-refractivity contribution < 1.29 is 9.53 Å². The Morgan fingerprint density at radius 1 is 0.935 bits per heavy atom. The van der Waals surface area contributed by atoms with Gasteiger partial charge in [0, 0.05) is 23.1 Å². The molecule has 0 radical (unpaired) electrons. The summed E-state index contributed by atoms with van der Waals surface area (Å²) in [6.45, 7) is 9.19. The van der Waals surface area contributed by atoms with Gasteiger partial charge in [0.15, 0.2) is 0 Å². The molecule has 0 heterocycles. The van der Waals surface area contributed by atoms with Gasteiger partial charge in [-0.15, -0.1) is 0 Å². The van der Waals surface area contributed by atoms with E-state index >= 15 is 0 Å². The number of hydrogen-bond donors (Lipinski definition) is 0. The molecule has 0 saturated carbocycles. The summed E-state index contributed by atoms with van der Waals surface area (Å²) in [6, 6.07) is 27.0. The predicted molar refractivity (Wildman–Crippen MR) is 128 cm³/mol. The van der Waals surface area contributed by atoms with E-state index in [-0.39, 0.29) is 5.92 Å². The maximum Gasteiger partial charge on any atom is 0.150 e. The molecule has 31 heavy (non-hydrogen) atoms. The van der Waals surface area contributed by atoms with Crippen LogP contribution >= 0.6 is 0 Å². The molecule has 0 bridgehead atoms. The quantitative estimate of drug-likeness (QED) is 0.343. The van der Waals surface area contributed by atoms with E-state index in [0.717, 1.165) is 42.7 Å². The highest BCUT2D eigenvalue weighted by molar-refractivity contribution is 5.76. The SMILES string of the molecule is CCN(CCC(c1ccccc1)c1cc(C=O)ccc1OCc1ccccc1)C(C)C. The molecule has 0 amide bonds. The molecule has 0 aliphatic carbocycles. The van der Waals surface area contributed by atoms with Crippen LogP contribution in [-0.4, -0.2) is 30.3 Å². The van der Waals surface area contributed by atoms with Crippen LogP contribution in [0.5, 0.6) is 5.75 Å². The lowest BCUT2D eigenvalue weighted by atomic mass is 9.86. The van der Waals surface area contributed by atoms with Crippen LogP contribution in [0, 0.1) is 0 Å². The summed E-state index contributed by atoms with van der Waals surface area (Å²) < 4.78 is 6.28. The first-order valence-electron chi connectivity index (χ1n) is 11.2. The fourth-order valence-electron chi connectivity index (χ4n) is 4.04. The lowest BCUT2D eigenvalue weighted by Crippen LogP contribution is -2.32. The van der Waals surface area contributed by atoms with E-state index < -0.39 is 0 Å². The van der Waals surface area contributed by atoms with Crippen molar-refractivity contribution in [1.29, 1.82) is 0 Å². The fourth-order valence-corrected chi connectivity index (χ4v) is 4.04. The maximum atomic E-state index is 11.6. The fraction of sp³-hybridized carbons (Fsp3) is 0.321. The first kappa shape index (κ1) is 22.8. The van der Waals surface area contributed by atoms with Crippen LogP contribution in [-0.2, 0) is 6.61 Å². The van der Waals surface area contributed by atoms with Gasteiger partial charge in [-0.3, -0.25) is 4.79 Å². The summed E-state index contributed by atoms with van der Waals surface area (Å²) >= 11 is 0. The van der Waals surface area contributed by atoms with Crippen LogP contribution in [0.3, 0.4) is 0 Å². The average molecular weight is 416 g/mol. The van der Waals surface area contributed by atoms with E-state index in [1.54, 1.807) is 0 Å². The number of aldehydes is 1. The van der Waals surface area contributed by atoms with Crippen molar-refractivity contribution in [2.75, 3.05) is 13.1 Å². The van der Waals surface area contributed by atoms with Gasteiger partial charge in [-0.1, -0.05) is 67.6 Å². The number of hydrogen-bond acceptors (Lipinski definition) is 3. The Morgan fingerprint density at radius 2 is 1.61 bits per heavy atom. The zero-order chi connectivity index (χ0) is 22.1. The standard InChI is InChI=1S/C28H33NO2/c1-4-29(22(2)3)18-17-26(25-13-9-6-10-14-25)27-19-24(20-30)15-16-28(27)31-21-23-11-7-5-8-12-23/h5-16,19-20,22,26H,4,17-18,21H2,1-3H3. The summed E-state index contributed by atoms with van der Waals surface area (Å²) in [5.74, 6) is 0.996. The highest BCUT2D eigenvalue weighted by Crippen LogP contribution is 2.36. The van der Waals surface area contributed by atoms with Crippen molar-refractivity contribution in [3.63, 3.8) is 0 Å². The van der Waals surface area contributed by atoms with Gasteiger partial charge in [0.25, 0.3) is 0 Å². The zero-order valence-electron chi connectivity index (χ0n) is 18.8. The number of benzene rings is 3. The molecule has 3 aromatic carbocycles. The third kappa shape index (κ3) is 6.28. The number of carbonyl (C=O) groups excluding carboxylic acids is 1. The minimum absolute atomic E-state index is 0.152. The van der Waals surface area contributed by atoms with Crippen LogP contribution in [0.15, 0.2) is 78.9 Å². The second-order valence-electron chi connectivity index (χ2n) is 8.16. The topological polar surface area (TPSA) is 29.5 Å². The van der Waals surface area contributed by atoms with Crippen LogP contribution < -0.4 is 4.74 Å². The minimum Gasteiger partial charge on any atom is -0.489 e. The molecule has 3 heteroatoms. The molecule has 0 N–H and O–H groups in total. The lowest BCUT2D eigenvalue weighted by molar-refractivity contribution is 0.112. The Kier molecular flexibility index (Phi) is 8.43. The van der Waals surface area contributed by atoms with E-state index in [9.17, 15) is 4.79 Å². The molecule has 162 valence electrons. The normalized spacial score (nSPS) is 12.2. The third-order valence-electron chi connectivity index (χ3n) is 5.83. The highest BCUT2D eigenvalue weighted by Gasteiger charge is 2.21. The molecule has 3 nitrogen and oxygen atoms in total. The van der Waals surface area contributed by atoms with Crippen molar-refractivity contribution in [3.05, 3.63) is 101 Å². The summed E-state index contributed by atoms with van der Waals surface area (Å²) in [4.78, 5) is 14.0. The van der Waals surface area contributed by atoms with Crippen LogP contribution in [0.4, 0.5) is 0 Å². The van der Waals surface area contributed by atoms with Gasteiger partial charge in [-0.25, -0.2) is 0 Å². The highest BCUT2D eigenvalue weighted by atomic mass is 16.5. The first-order valence-corrected chi connectivity index (χ1v) is 11.2. The number of rotatable bonds is 11. The molecule has 0 fully saturated rings. The van der Waals surface area contributed by atoms with Gasteiger partial charge < -0.3 is 9.64 Å². The van der Waals surface area contributed by atoms with Crippen molar-refractivity contribution in [3.8, 4) is 5.75 Å². The smallest absolute Gasteiger partial charge is 0.150 e. The lowest BCUT2D eigenvalue weighted by Gasteiger charge is -2.28. The Morgan fingerprint density at radius 3 is 2.23 bits per heavy atom. The molecule has 0 aliphatic rings. The van der Waals surface area contributed by atoms with Gasteiger partial charge in [0.1, 0.15) is 18.6 Å². The molecule has 1 unspecified atom stereocenters. The second-order valence-corrected chi connectivity index (χ2v) is 8.16. The van der Waals surface area contributed by atoms with E-state index in [4.69, 9.17) is 4.74 Å². The summed E-state index contributed by atoms with van der Waals surface area (Å²) in [6.07, 6.45) is 1.87. The van der Waals surface area contributed by atoms with Gasteiger partial charge in [0.2, 0.25) is 0 Å². The molecular formula is C28H33NO2. The van der Waals surface area contributed by atoms with E-state index in [1.807, 2.05) is 42.5 Å². The Hall–Kier alpha value is -2.91. The molecule has 1 atom stereocenters. The third-order valence-corrected chi connectivity index (χ3v) is 5.83. The summed E-state index contributed by atoms with van der Waals surface area (Å²) in [7, 11) is 0. The Labute approximate surface area is 186 Å². The molecule has 0 saturated heterocycles. The number of ether oxygens (including phenoxy) is 1. The van der Waals surface area contributed by atoms with Gasteiger partial charge >= 0.3 is 0 Å². The van der Waals surface area contributed by atoms with Crippen molar-refractivity contribution in [2.24, 2.45) is 0 Å². The molecular weight excluding hydrogens is 382 g/mol. The average Bonchev–Trinajstić information content (AvgIpc) is 2.81. The van der Waals surface area contributed by atoms with Crippen molar-refractivity contribution in [1.82, 2.24) is 4.90 Å². The first-order chi connectivity index (χ1) is 15.1. The van der Waals surface area contributed by atoms with Crippen molar-refractivity contribution in [2.45, 2.75) is 45.8 Å². The van der Waals surface area contributed by atoms with Crippen molar-refractivity contribution >= 4 is 6.29 Å². The molecule has 0 spiro atoms. The number of carbonyl (C=O) groups is 1. The molecule has 3 aromatic rings.